The molecule has 0 rings (SSSR count). The number of allylic oxidation sites excluding steroid dienone is 2. The summed E-state index contributed by atoms with van der Waals surface area (Å²) >= 11 is 0. The summed E-state index contributed by atoms with van der Waals surface area (Å²) in [6.45, 7) is 2.28. The van der Waals surface area contributed by atoms with Crippen molar-refractivity contribution in [1.82, 2.24) is 0 Å². The maximum Gasteiger partial charge on any atom is 0.198 e. The normalized spacial score (nSPS) is 11.3. The minimum Gasteiger partial charge on any atom is -0.291 e. The van der Waals surface area contributed by atoms with Crippen LogP contribution < -0.4 is 0 Å². The van der Waals surface area contributed by atoms with Gasteiger partial charge in [0.1, 0.15) is 0 Å². The van der Waals surface area contributed by atoms with Crippen molar-refractivity contribution in [3.63, 3.8) is 0 Å². The monoisotopic (exact) mass is 321 g/mol. The van der Waals surface area contributed by atoms with Crippen molar-refractivity contribution in [1.29, 1.82) is 0 Å². The molecule has 135 valence electrons. The van der Waals surface area contributed by atoms with Crippen LogP contribution in [0.4, 0.5) is 0 Å². The maximum absolute atomic E-state index is 10.1. The van der Waals surface area contributed by atoms with Crippen LogP contribution in [0, 0.1) is 0 Å². The molecular weight excluding hydrogens is 280 g/mol. The van der Waals surface area contributed by atoms with Gasteiger partial charge in [-0.1, -0.05) is 96.1 Å². The van der Waals surface area contributed by atoms with E-state index < -0.39 is 0 Å². The Kier molecular flexibility index (Phi) is 20.9. The molecule has 0 aromatic carbocycles. The van der Waals surface area contributed by atoms with E-state index in [1.54, 1.807) is 0 Å². The van der Waals surface area contributed by atoms with Crippen LogP contribution in [0.15, 0.2) is 12.2 Å². The molecule has 0 saturated heterocycles. The highest BCUT2D eigenvalue weighted by atomic mass is 16.1. The zero-order valence-electron chi connectivity index (χ0n) is 15.8. The SMILES string of the molecule is CCCCCCCCCC/C=C/CCCCCCCCC[C]=O. The van der Waals surface area contributed by atoms with Crippen molar-refractivity contribution in [2.75, 3.05) is 0 Å². The Balaban J connectivity index is 3.04. The fraction of sp³-hybridized carbons (Fsp3) is 0.864. The minimum absolute atomic E-state index is 0.629. The summed E-state index contributed by atoms with van der Waals surface area (Å²) in [5.74, 6) is 0. The lowest BCUT2D eigenvalue weighted by Crippen LogP contribution is -1.81. The van der Waals surface area contributed by atoms with Gasteiger partial charge in [0.05, 0.1) is 0 Å². The summed E-state index contributed by atoms with van der Waals surface area (Å²) in [6.07, 6.45) is 30.2. The van der Waals surface area contributed by atoms with Crippen LogP contribution in [0.3, 0.4) is 0 Å². The molecule has 0 atom stereocenters. The van der Waals surface area contributed by atoms with Crippen LogP contribution in [-0.4, -0.2) is 6.29 Å². The molecule has 0 aliphatic rings. The molecule has 0 saturated carbocycles. The predicted octanol–water partition coefficient (Wildman–Crippen LogP) is 7.69. The molecular formula is C22H41O. The molecule has 0 fully saturated rings. The second-order valence-electron chi connectivity index (χ2n) is 6.89. The predicted molar refractivity (Wildman–Crippen MR) is 104 cm³/mol. The molecule has 1 nitrogen and oxygen atoms in total. The lowest BCUT2D eigenvalue weighted by atomic mass is 10.1. The van der Waals surface area contributed by atoms with Crippen LogP contribution in [0.5, 0.6) is 0 Å². The van der Waals surface area contributed by atoms with Gasteiger partial charge in [-0.3, -0.25) is 4.79 Å². The van der Waals surface area contributed by atoms with Crippen LogP contribution in [0.1, 0.15) is 122 Å². The van der Waals surface area contributed by atoms with Crippen molar-refractivity contribution in [3.05, 3.63) is 12.2 Å². The van der Waals surface area contributed by atoms with Gasteiger partial charge in [0.25, 0.3) is 0 Å². The highest BCUT2D eigenvalue weighted by Crippen LogP contribution is 2.11. The second-order valence-corrected chi connectivity index (χ2v) is 6.89. The number of hydrogen-bond acceptors (Lipinski definition) is 1. The Morgan fingerprint density at radius 3 is 1.39 bits per heavy atom. The van der Waals surface area contributed by atoms with Crippen molar-refractivity contribution >= 4 is 6.29 Å². The first kappa shape index (κ1) is 22.4. The van der Waals surface area contributed by atoms with Crippen LogP contribution in [0.25, 0.3) is 0 Å². The molecule has 0 N–H and O–H groups in total. The van der Waals surface area contributed by atoms with Gasteiger partial charge in [-0.05, 0) is 32.1 Å². The highest BCUT2D eigenvalue weighted by Gasteiger charge is 1.92. The Hall–Kier alpha value is -0.590. The number of unbranched alkanes of at least 4 members (excludes halogenated alkanes) is 16. The van der Waals surface area contributed by atoms with Gasteiger partial charge in [-0.2, -0.15) is 0 Å². The van der Waals surface area contributed by atoms with Gasteiger partial charge in [-0.25, -0.2) is 0 Å². The zero-order valence-corrected chi connectivity index (χ0v) is 15.8. The topological polar surface area (TPSA) is 17.1 Å². The third kappa shape index (κ3) is 21.4. The molecule has 0 amide bonds. The van der Waals surface area contributed by atoms with E-state index in [0.717, 1.165) is 6.42 Å². The molecule has 23 heavy (non-hydrogen) atoms. The first-order valence-electron chi connectivity index (χ1n) is 10.4. The first-order valence-corrected chi connectivity index (χ1v) is 10.4. The Labute approximate surface area is 146 Å². The van der Waals surface area contributed by atoms with E-state index in [2.05, 4.69) is 19.1 Å². The average Bonchev–Trinajstić information content (AvgIpc) is 2.57. The zero-order chi connectivity index (χ0) is 16.8. The van der Waals surface area contributed by atoms with E-state index in [1.807, 2.05) is 6.29 Å². The van der Waals surface area contributed by atoms with Crippen LogP contribution in [-0.2, 0) is 4.79 Å². The largest absolute Gasteiger partial charge is 0.291 e. The number of carbonyl (C=O) groups excluding carboxylic acids is 1. The van der Waals surface area contributed by atoms with E-state index in [0.29, 0.717) is 6.42 Å². The lowest BCUT2D eigenvalue weighted by molar-refractivity contribution is 0.540. The third-order valence-electron chi connectivity index (χ3n) is 4.54. The standard InChI is InChI=1S/C22H41O/c1-2-3-4-5-6-7-8-9-10-11-12-13-14-15-16-17-18-19-20-21-22-23/h11-12H,2-10,13-21H2,1H3/b12-11+. The van der Waals surface area contributed by atoms with Gasteiger partial charge in [0, 0.05) is 6.42 Å². The van der Waals surface area contributed by atoms with Gasteiger partial charge < -0.3 is 0 Å². The minimum atomic E-state index is 0.629. The molecule has 0 aliphatic heterocycles. The maximum atomic E-state index is 10.1. The van der Waals surface area contributed by atoms with Crippen molar-refractivity contribution in [2.24, 2.45) is 0 Å². The summed E-state index contributed by atoms with van der Waals surface area (Å²) in [5, 5.41) is 0. The van der Waals surface area contributed by atoms with Crippen molar-refractivity contribution in [2.45, 2.75) is 122 Å². The van der Waals surface area contributed by atoms with Crippen LogP contribution in [0.2, 0.25) is 0 Å². The summed E-state index contributed by atoms with van der Waals surface area (Å²) in [5.41, 5.74) is 0. The number of hydrogen-bond donors (Lipinski definition) is 0. The van der Waals surface area contributed by atoms with Crippen LogP contribution >= 0.6 is 0 Å². The van der Waals surface area contributed by atoms with Crippen molar-refractivity contribution < 1.29 is 4.79 Å². The molecule has 0 aromatic rings. The van der Waals surface area contributed by atoms with E-state index in [9.17, 15) is 4.79 Å². The fourth-order valence-corrected chi connectivity index (χ4v) is 2.98. The van der Waals surface area contributed by atoms with Gasteiger partial charge in [0.2, 0.25) is 0 Å². The summed E-state index contributed by atoms with van der Waals surface area (Å²) in [4.78, 5) is 10.1. The van der Waals surface area contributed by atoms with Gasteiger partial charge >= 0.3 is 0 Å². The molecule has 0 unspecified atom stereocenters. The highest BCUT2D eigenvalue weighted by molar-refractivity contribution is 5.50. The Morgan fingerprint density at radius 2 is 0.957 bits per heavy atom. The lowest BCUT2D eigenvalue weighted by Gasteiger charge is -2.00. The summed E-state index contributed by atoms with van der Waals surface area (Å²) in [6, 6.07) is 0. The average molecular weight is 322 g/mol. The third-order valence-corrected chi connectivity index (χ3v) is 4.54. The van der Waals surface area contributed by atoms with Gasteiger partial charge in [-0.15, -0.1) is 0 Å². The smallest absolute Gasteiger partial charge is 0.198 e. The molecule has 1 heteroatoms. The van der Waals surface area contributed by atoms with E-state index in [4.69, 9.17) is 0 Å². The molecule has 0 heterocycles. The molecule has 0 aliphatic carbocycles. The quantitative estimate of drug-likeness (QED) is 0.176. The van der Waals surface area contributed by atoms with E-state index >= 15 is 0 Å². The van der Waals surface area contributed by atoms with Gasteiger partial charge in [0.15, 0.2) is 6.29 Å². The molecule has 0 spiro atoms. The van der Waals surface area contributed by atoms with E-state index in [1.165, 1.54) is 103 Å². The molecule has 0 aromatic heterocycles. The first-order chi connectivity index (χ1) is 11.4. The molecule has 0 bridgehead atoms. The van der Waals surface area contributed by atoms with E-state index in [-0.39, 0.29) is 0 Å². The number of rotatable bonds is 19. The molecule has 1 radical (unpaired) electrons. The summed E-state index contributed by atoms with van der Waals surface area (Å²) in [7, 11) is 0. The fourth-order valence-electron chi connectivity index (χ4n) is 2.98. The van der Waals surface area contributed by atoms with Crippen molar-refractivity contribution in [3.8, 4) is 0 Å². The Bertz CT molecular complexity index is 244. The Morgan fingerprint density at radius 1 is 0.565 bits per heavy atom. The second kappa shape index (κ2) is 21.4. The summed E-state index contributed by atoms with van der Waals surface area (Å²) < 4.78 is 0.